The molecular formula is C13H22O4. The van der Waals surface area contributed by atoms with Gasteiger partial charge in [-0.25, -0.2) is 4.79 Å². The van der Waals surface area contributed by atoms with E-state index in [1.807, 2.05) is 6.92 Å². The Morgan fingerprint density at radius 1 is 1.24 bits per heavy atom. The smallest absolute Gasteiger partial charge is 0.330 e. The predicted octanol–water partition coefficient (Wildman–Crippen LogP) is 3.01. The van der Waals surface area contributed by atoms with E-state index in [1.54, 1.807) is 0 Å². The molecule has 0 aliphatic heterocycles. The molecular weight excluding hydrogens is 220 g/mol. The Morgan fingerprint density at radius 2 is 1.76 bits per heavy atom. The number of hydrogen-bond donors (Lipinski definition) is 0. The van der Waals surface area contributed by atoms with Crippen LogP contribution in [0.5, 0.6) is 0 Å². The lowest BCUT2D eigenvalue weighted by molar-refractivity contribution is -0.138. The number of hydrogen-bond acceptors (Lipinski definition) is 4. The molecule has 0 saturated heterocycles. The van der Waals surface area contributed by atoms with Gasteiger partial charge in [0.15, 0.2) is 0 Å². The first-order chi connectivity index (χ1) is 8.08. The summed E-state index contributed by atoms with van der Waals surface area (Å²) in [5.41, 5.74) is 0. The van der Waals surface area contributed by atoms with Crippen molar-refractivity contribution in [2.45, 2.75) is 26.7 Å². The highest BCUT2D eigenvalue weighted by Crippen LogP contribution is 1.88. The second kappa shape index (κ2) is 19.7. The van der Waals surface area contributed by atoms with Gasteiger partial charge in [-0.1, -0.05) is 26.5 Å². The van der Waals surface area contributed by atoms with Crippen LogP contribution in [0.3, 0.4) is 0 Å². The Balaban J connectivity index is -0.000000213. The molecule has 4 heteroatoms. The van der Waals surface area contributed by atoms with Gasteiger partial charge in [-0.15, -0.1) is 13.2 Å². The van der Waals surface area contributed by atoms with Crippen LogP contribution in [0.2, 0.25) is 0 Å². The molecule has 0 fully saturated rings. The molecule has 4 nitrogen and oxygen atoms in total. The van der Waals surface area contributed by atoms with E-state index < -0.39 is 0 Å². The van der Waals surface area contributed by atoms with Gasteiger partial charge in [-0.2, -0.15) is 0 Å². The first-order valence-corrected chi connectivity index (χ1v) is 5.15. The molecule has 0 saturated carbocycles. The van der Waals surface area contributed by atoms with E-state index in [-0.39, 0.29) is 11.9 Å². The Labute approximate surface area is 104 Å². The van der Waals surface area contributed by atoms with Crippen molar-refractivity contribution < 1.29 is 19.1 Å². The van der Waals surface area contributed by atoms with Crippen LogP contribution in [0.4, 0.5) is 0 Å². The lowest BCUT2D eigenvalue weighted by atomic mass is 10.4. The van der Waals surface area contributed by atoms with Gasteiger partial charge in [-0.3, -0.25) is 4.79 Å². The average molecular weight is 242 g/mol. The van der Waals surface area contributed by atoms with Gasteiger partial charge in [0, 0.05) is 13.0 Å². The number of rotatable bonds is 5. The minimum absolute atomic E-state index is 0.329. The molecule has 98 valence electrons. The van der Waals surface area contributed by atoms with Gasteiger partial charge in [-0.05, 0) is 6.42 Å². The van der Waals surface area contributed by atoms with Crippen LogP contribution >= 0.6 is 0 Å². The van der Waals surface area contributed by atoms with E-state index in [2.05, 4.69) is 35.8 Å². The summed E-state index contributed by atoms with van der Waals surface area (Å²) in [6.07, 6.45) is 4.25. The largest absolute Gasteiger partial charge is 0.463 e. The van der Waals surface area contributed by atoms with Crippen molar-refractivity contribution in [3.05, 3.63) is 38.7 Å². The molecule has 0 amide bonds. The van der Waals surface area contributed by atoms with Crippen LogP contribution in [-0.4, -0.2) is 18.5 Å². The minimum Gasteiger partial charge on any atom is -0.463 e. The van der Waals surface area contributed by atoms with E-state index in [0.29, 0.717) is 6.61 Å². The average Bonchev–Trinajstić information content (AvgIpc) is 2.32. The zero-order chi connectivity index (χ0) is 14.1. The summed E-state index contributed by atoms with van der Waals surface area (Å²) >= 11 is 0. The molecule has 17 heavy (non-hydrogen) atoms. The maximum absolute atomic E-state index is 10.3. The van der Waals surface area contributed by atoms with Crippen molar-refractivity contribution >= 4 is 11.9 Å². The Morgan fingerprint density at radius 3 is 2.00 bits per heavy atom. The van der Waals surface area contributed by atoms with E-state index in [9.17, 15) is 9.59 Å². The lowest BCUT2D eigenvalue weighted by Gasteiger charge is -1.97. The summed E-state index contributed by atoms with van der Waals surface area (Å²) < 4.78 is 8.84. The van der Waals surface area contributed by atoms with Gasteiger partial charge < -0.3 is 9.47 Å². The standard InChI is InChI=1S/C7H12O2.C4H6O2.C2H4/c1-3-5-6-9-7(8)4-2;1-3-6-4(2)5;1-2/h4H,2-3,5-6H2,1H3;3H,1H2,2H3;1-2H2. The van der Waals surface area contributed by atoms with E-state index in [4.69, 9.17) is 0 Å². The highest BCUT2D eigenvalue weighted by atomic mass is 16.5. The quantitative estimate of drug-likeness (QED) is 0.244. The number of esters is 2. The topological polar surface area (TPSA) is 52.6 Å². The molecule has 0 rings (SSSR count). The van der Waals surface area contributed by atoms with Gasteiger partial charge in [0.25, 0.3) is 0 Å². The fraction of sp³-hybridized carbons (Fsp3) is 0.385. The normalized spacial score (nSPS) is 7.18. The maximum atomic E-state index is 10.3. The van der Waals surface area contributed by atoms with Gasteiger partial charge >= 0.3 is 11.9 Å². The van der Waals surface area contributed by atoms with E-state index >= 15 is 0 Å². The molecule has 0 aliphatic rings. The fourth-order valence-corrected chi connectivity index (χ4v) is 0.493. The van der Waals surface area contributed by atoms with Crippen LogP contribution in [0, 0.1) is 0 Å². The summed E-state index contributed by atoms with van der Waals surface area (Å²) in [5.74, 6) is -0.659. The van der Waals surface area contributed by atoms with E-state index in [1.165, 1.54) is 13.0 Å². The molecule has 0 aromatic carbocycles. The highest BCUT2D eigenvalue weighted by molar-refractivity contribution is 5.81. The summed E-state index contributed by atoms with van der Waals surface area (Å²) in [4.78, 5) is 20.1. The Bertz CT molecular complexity index is 221. The Kier molecular flexibility index (Phi) is 23.8. The third kappa shape index (κ3) is 31.4. The second-order valence-electron chi connectivity index (χ2n) is 2.50. The Hall–Kier alpha value is -1.84. The van der Waals surface area contributed by atoms with Crippen molar-refractivity contribution in [3.63, 3.8) is 0 Å². The molecule has 0 atom stereocenters. The van der Waals surface area contributed by atoms with Crippen LogP contribution in [-0.2, 0) is 19.1 Å². The fourth-order valence-electron chi connectivity index (χ4n) is 0.493. The molecule has 0 aromatic heterocycles. The van der Waals surface area contributed by atoms with Crippen molar-refractivity contribution in [1.29, 1.82) is 0 Å². The van der Waals surface area contributed by atoms with Crippen molar-refractivity contribution in [2.24, 2.45) is 0 Å². The van der Waals surface area contributed by atoms with E-state index in [0.717, 1.165) is 19.1 Å². The number of unbranched alkanes of at least 4 members (excludes halogenated alkanes) is 1. The molecule has 0 bridgehead atoms. The zero-order valence-electron chi connectivity index (χ0n) is 10.7. The van der Waals surface area contributed by atoms with Gasteiger partial charge in [0.05, 0.1) is 12.9 Å². The molecule has 0 aromatic rings. The number of carbonyl (C=O) groups excluding carboxylic acids is 2. The molecule has 0 heterocycles. The second-order valence-corrected chi connectivity index (χ2v) is 2.50. The van der Waals surface area contributed by atoms with Crippen LogP contribution < -0.4 is 0 Å². The number of carbonyl (C=O) groups is 2. The summed E-state index contributed by atoms with van der Waals surface area (Å²) in [6.45, 7) is 16.3. The van der Waals surface area contributed by atoms with Gasteiger partial charge in [0.2, 0.25) is 0 Å². The molecule has 0 unspecified atom stereocenters. The summed E-state index contributed by atoms with van der Waals surface area (Å²) in [7, 11) is 0. The highest BCUT2D eigenvalue weighted by Gasteiger charge is 1.91. The molecule has 0 aliphatic carbocycles. The number of ether oxygens (including phenoxy) is 2. The molecule has 0 N–H and O–H groups in total. The zero-order valence-corrected chi connectivity index (χ0v) is 10.7. The molecule has 0 radical (unpaired) electrons. The molecule has 0 spiro atoms. The van der Waals surface area contributed by atoms with Crippen molar-refractivity contribution in [1.82, 2.24) is 0 Å². The van der Waals surface area contributed by atoms with Crippen LogP contribution in [0.1, 0.15) is 26.7 Å². The first kappa shape index (κ1) is 20.6. The predicted molar refractivity (Wildman–Crippen MR) is 69.3 cm³/mol. The summed E-state index contributed by atoms with van der Waals surface area (Å²) in [6, 6.07) is 0. The van der Waals surface area contributed by atoms with Crippen molar-refractivity contribution in [2.75, 3.05) is 6.61 Å². The van der Waals surface area contributed by atoms with Crippen LogP contribution in [0.15, 0.2) is 38.7 Å². The monoisotopic (exact) mass is 242 g/mol. The maximum Gasteiger partial charge on any atom is 0.330 e. The third-order valence-corrected chi connectivity index (χ3v) is 1.16. The van der Waals surface area contributed by atoms with Crippen molar-refractivity contribution in [3.8, 4) is 0 Å². The third-order valence-electron chi connectivity index (χ3n) is 1.16. The minimum atomic E-state index is -0.330. The lowest BCUT2D eigenvalue weighted by Crippen LogP contribution is -2.00. The first-order valence-electron chi connectivity index (χ1n) is 5.15. The SMILES string of the molecule is C=C.C=CC(=O)OCCCC.C=COC(C)=O. The summed E-state index contributed by atoms with van der Waals surface area (Å²) in [5, 5.41) is 0. The van der Waals surface area contributed by atoms with Crippen LogP contribution in [0.25, 0.3) is 0 Å². The van der Waals surface area contributed by atoms with Gasteiger partial charge in [0.1, 0.15) is 0 Å².